The Hall–Kier alpha value is -2.30. The van der Waals surface area contributed by atoms with Gasteiger partial charge in [-0.3, -0.25) is 0 Å². The first-order chi connectivity index (χ1) is 14.9. The number of aliphatic hydroxyl groups excluding tert-OH is 1. The first-order valence-electron chi connectivity index (χ1n) is 10.3. The Kier molecular flexibility index (Phi) is 7.44. The molecular formula is C27H26OP2. The van der Waals surface area contributed by atoms with E-state index in [1.807, 2.05) is 0 Å². The van der Waals surface area contributed by atoms with Crippen LogP contribution in [0.4, 0.5) is 0 Å². The predicted molar refractivity (Wildman–Crippen MR) is 134 cm³/mol. The van der Waals surface area contributed by atoms with E-state index in [1.165, 1.54) is 21.2 Å². The minimum Gasteiger partial charge on any atom is -0.396 e. The van der Waals surface area contributed by atoms with Gasteiger partial charge >= 0.3 is 0 Å². The molecule has 0 atom stereocenters. The monoisotopic (exact) mass is 428 g/mol. The van der Waals surface area contributed by atoms with Crippen molar-refractivity contribution in [2.75, 3.05) is 6.61 Å². The van der Waals surface area contributed by atoms with Crippen molar-refractivity contribution in [1.29, 1.82) is 0 Å². The molecule has 0 aliphatic heterocycles. The fraction of sp³-hybridized carbons (Fsp3) is 0.111. The second-order valence-corrected chi connectivity index (χ2v) is 12.3. The zero-order valence-corrected chi connectivity index (χ0v) is 18.7. The van der Waals surface area contributed by atoms with Crippen molar-refractivity contribution in [3.8, 4) is 0 Å². The van der Waals surface area contributed by atoms with Crippen molar-refractivity contribution < 1.29 is 5.11 Å². The van der Waals surface area contributed by atoms with E-state index in [-0.39, 0.29) is 6.61 Å². The highest BCUT2D eigenvalue weighted by atomic mass is 31.2. The van der Waals surface area contributed by atoms with Crippen molar-refractivity contribution >= 4 is 37.1 Å². The van der Waals surface area contributed by atoms with E-state index in [0.717, 1.165) is 6.42 Å². The van der Waals surface area contributed by atoms with Crippen LogP contribution in [0.2, 0.25) is 0 Å². The molecule has 0 aliphatic carbocycles. The minimum atomic E-state index is -0.638. The fourth-order valence-corrected chi connectivity index (χ4v) is 11.0. The molecule has 3 heteroatoms. The van der Waals surface area contributed by atoms with E-state index in [1.54, 1.807) is 0 Å². The maximum Gasteiger partial charge on any atom is 0.0440 e. The highest BCUT2D eigenvalue weighted by Gasteiger charge is 2.33. The van der Waals surface area contributed by atoms with Gasteiger partial charge in [0.1, 0.15) is 0 Å². The molecule has 0 saturated heterocycles. The Morgan fingerprint density at radius 1 is 0.467 bits per heavy atom. The zero-order valence-electron chi connectivity index (χ0n) is 16.9. The molecule has 1 N–H and O–H groups in total. The van der Waals surface area contributed by atoms with Gasteiger partial charge in [0, 0.05) is 12.0 Å². The summed E-state index contributed by atoms with van der Waals surface area (Å²) in [7, 11) is -1.28. The number of rotatable bonds is 8. The first-order valence-corrected chi connectivity index (χ1v) is 13.1. The van der Waals surface area contributed by atoms with Gasteiger partial charge in [0.15, 0.2) is 0 Å². The van der Waals surface area contributed by atoms with E-state index < -0.39 is 15.8 Å². The molecule has 0 bridgehead atoms. The maximum atomic E-state index is 10.1. The largest absolute Gasteiger partial charge is 0.396 e. The molecule has 0 unspecified atom stereocenters. The quantitative estimate of drug-likeness (QED) is 0.394. The van der Waals surface area contributed by atoms with Crippen LogP contribution in [-0.2, 0) is 0 Å². The van der Waals surface area contributed by atoms with Crippen LogP contribution >= 0.6 is 15.8 Å². The lowest BCUT2D eigenvalue weighted by Crippen LogP contribution is -2.28. The third kappa shape index (κ3) is 4.88. The molecule has 4 aromatic rings. The van der Waals surface area contributed by atoms with Crippen LogP contribution in [-0.4, -0.2) is 17.1 Å². The fourth-order valence-electron chi connectivity index (χ4n) is 3.83. The Morgan fingerprint density at radius 3 is 0.967 bits per heavy atom. The summed E-state index contributed by atoms with van der Waals surface area (Å²) in [6.07, 6.45) is 0.783. The van der Waals surface area contributed by atoms with E-state index in [2.05, 4.69) is 121 Å². The average molecular weight is 428 g/mol. The SMILES string of the molecule is OCCC(P(c1ccccc1)c1ccccc1)P(c1ccccc1)c1ccccc1. The molecule has 1 nitrogen and oxygen atoms in total. The third-order valence-corrected chi connectivity index (χ3v) is 11.6. The number of hydrogen-bond acceptors (Lipinski definition) is 1. The molecule has 4 rings (SSSR count). The molecule has 0 heterocycles. The number of benzene rings is 4. The predicted octanol–water partition coefficient (Wildman–Crippen LogP) is 4.96. The molecule has 0 aliphatic rings. The smallest absolute Gasteiger partial charge is 0.0440 e. The highest BCUT2D eigenvalue weighted by molar-refractivity contribution is 7.89. The molecule has 0 saturated carbocycles. The summed E-state index contributed by atoms with van der Waals surface area (Å²) >= 11 is 0. The van der Waals surface area contributed by atoms with Crippen LogP contribution in [0.1, 0.15) is 6.42 Å². The van der Waals surface area contributed by atoms with Crippen molar-refractivity contribution in [1.82, 2.24) is 0 Å². The molecule has 150 valence electrons. The maximum absolute atomic E-state index is 10.1. The molecule has 4 aromatic carbocycles. The van der Waals surface area contributed by atoms with Crippen molar-refractivity contribution in [3.05, 3.63) is 121 Å². The van der Waals surface area contributed by atoms with E-state index in [4.69, 9.17) is 0 Å². The second kappa shape index (κ2) is 10.6. The van der Waals surface area contributed by atoms with Crippen molar-refractivity contribution in [2.24, 2.45) is 0 Å². The lowest BCUT2D eigenvalue weighted by molar-refractivity contribution is 0.293. The summed E-state index contributed by atoms with van der Waals surface area (Å²) in [5.74, 6) is 0. The van der Waals surface area contributed by atoms with Gasteiger partial charge in [0.2, 0.25) is 0 Å². The molecule has 0 amide bonds. The summed E-state index contributed by atoms with van der Waals surface area (Å²) in [5.41, 5.74) is 0. The average Bonchev–Trinajstić information content (AvgIpc) is 2.82. The van der Waals surface area contributed by atoms with Gasteiger partial charge < -0.3 is 5.11 Å². The Labute approximate surface area is 181 Å². The topological polar surface area (TPSA) is 20.2 Å². The Balaban J connectivity index is 1.89. The molecule has 30 heavy (non-hydrogen) atoms. The van der Waals surface area contributed by atoms with Crippen LogP contribution in [0.15, 0.2) is 121 Å². The summed E-state index contributed by atoms with van der Waals surface area (Å²) in [6.45, 7) is 0.196. The summed E-state index contributed by atoms with van der Waals surface area (Å²) in [6, 6.07) is 43.5. The molecule has 0 aromatic heterocycles. The van der Waals surface area contributed by atoms with Gasteiger partial charge in [0.25, 0.3) is 0 Å². The van der Waals surface area contributed by atoms with Gasteiger partial charge in [-0.1, -0.05) is 121 Å². The standard InChI is InChI=1S/C27H26OP2/c28-22-21-27(29(23-13-5-1-6-14-23)24-15-7-2-8-16-24)30(25-17-9-3-10-18-25)26-19-11-4-12-20-26/h1-20,27-28H,21-22H2. The first kappa shape index (κ1) is 21.0. The highest BCUT2D eigenvalue weighted by Crippen LogP contribution is 2.57. The zero-order chi connectivity index (χ0) is 20.6. The normalized spacial score (nSPS) is 11.3. The van der Waals surface area contributed by atoms with E-state index in [9.17, 15) is 5.11 Å². The second-order valence-electron chi connectivity index (χ2n) is 7.08. The molecular weight excluding hydrogens is 402 g/mol. The summed E-state index contributed by atoms with van der Waals surface area (Å²) in [4.78, 5) is 0. The van der Waals surface area contributed by atoms with Crippen molar-refractivity contribution in [3.63, 3.8) is 0 Å². The van der Waals surface area contributed by atoms with Gasteiger partial charge in [0.05, 0.1) is 0 Å². The summed E-state index contributed by atoms with van der Waals surface area (Å²) < 4.78 is 0. The number of hydrogen-bond donors (Lipinski definition) is 1. The van der Waals surface area contributed by atoms with Gasteiger partial charge in [-0.15, -0.1) is 0 Å². The van der Waals surface area contributed by atoms with Crippen LogP contribution in [0.3, 0.4) is 0 Å². The third-order valence-electron chi connectivity index (χ3n) is 5.12. The lowest BCUT2D eigenvalue weighted by atomic mass is 10.4. The number of aliphatic hydroxyl groups is 1. The van der Waals surface area contributed by atoms with Crippen LogP contribution in [0, 0.1) is 0 Å². The van der Waals surface area contributed by atoms with Gasteiger partial charge in [-0.25, -0.2) is 0 Å². The lowest BCUT2D eigenvalue weighted by Gasteiger charge is -2.35. The Bertz CT molecular complexity index is 846. The molecule has 0 fully saturated rings. The van der Waals surface area contributed by atoms with Crippen LogP contribution in [0.5, 0.6) is 0 Å². The van der Waals surface area contributed by atoms with Crippen LogP contribution < -0.4 is 21.2 Å². The van der Waals surface area contributed by atoms with E-state index in [0.29, 0.717) is 5.40 Å². The van der Waals surface area contributed by atoms with Gasteiger partial charge in [-0.2, -0.15) is 0 Å². The van der Waals surface area contributed by atoms with Crippen LogP contribution in [0.25, 0.3) is 0 Å². The minimum absolute atomic E-state index is 0.196. The molecule has 0 spiro atoms. The van der Waals surface area contributed by atoms with E-state index >= 15 is 0 Å². The van der Waals surface area contributed by atoms with Crippen molar-refractivity contribution in [2.45, 2.75) is 11.8 Å². The van der Waals surface area contributed by atoms with Gasteiger partial charge in [-0.05, 0) is 43.5 Å². The summed E-state index contributed by atoms with van der Waals surface area (Å²) in [5, 5.41) is 16.0. The Morgan fingerprint density at radius 2 is 0.733 bits per heavy atom. The molecule has 0 radical (unpaired) electrons.